The summed E-state index contributed by atoms with van der Waals surface area (Å²) in [5.74, 6) is -2.30. The lowest BCUT2D eigenvalue weighted by Crippen LogP contribution is -2.49. The summed E-state index contributed by atoms with van der Waals surface area (Å²) in [5, 5.41) is 4.04. The summed E-state index contributed by atoms with van der Waals surface area (Å²) in [6.45, 7) is 2.51. The van der Waals surface area contributed by atoms with Gasteiger partial charge < -0.3 is 9.80 Å². The summed E-state index contributed by atoms with van der Waals surface area (Å²) in [6, 6.07) is 0.210. The molecular formula is C16H24F2N4O. The lowest BCUT2D eigenvalue weighted by Gasteiger charge is -2.41. The highest BCUT2D eigenvalue weighted by Crippen LogP contribution is 2.42. The van der Waals surface area contributed by atoms with E-state index in [0.717, 1.165) is 32.5 Å². The minimum Gasteiger partial charge on any atom is -0.339 e. The van der Waals surface area contributed by atoms with Crippen LogP contribution in [0.15, 0.2) is 12.4 Å². The Labute approximate surface area is 135 Å². The third-order valence-corrected chi connectivity index (χ3v) is 5.07. The molecule has 1 saturated heterocycles. The van der Waals surface area contributed by atoms with Gasteiger partial charge in [0.1, 0.15) is 0 Å². The van der Waals surface area contributed by atoms with Gasteiger partial charge in [0.2, 0.25) is 5.92 Å². The van der Waals surface area contributed by atoms with E-state index in [1.54, 1.807) is 29.0 Å². The van der Waals surface area contributed by atoms with E-state index in [1.165, 1.54) is 0 Å². The molecule has 0 atom stereocenters. The SMILES string of the molecule is CN(C(=O)c1cnn(C)c1)C1CCN(CC2CC(F)(F)C2)CC1. The van der Waals surface area contributed by atoms with Gasteiger partial charge in [-0.05, 0) is 18.8 Å². The Bertz CT molecular complexity index is 558. The molecule has 0 radical (unpaired) electrons. The lowest BCUT2D eigenvalue weighted by atomic mass is 9.80. The molecule has 1 saturated carbocycles. The maximum Gasteiger partial charge on any atom is 0.257 e. The normalized spacial score (nSPS) is 22.8. The van der Waals surface area contributed by atoms with E-state index >= 15 is 0 Å². The number of halogens is 2. The van der Waals surface area contributed by atoms with Crippen molar-refractivity contribution in [3.05, 3.63) is 18.0 Å². The Morgan fingerprint density at radius 2 is 2.04 bits per heavy atom. The fourth-order valence-corrected chi connectivity index (χ4v) is 3.67. The molecule has 1 aromatic heterocycles. The monoisotopic (exact) mass is 326 g/mol. The molecule has 0 aromatic carbocycles. The number of rotatable bonds is 4. The molecule has 2 fully saturated rings. The average molecular weight is 326 g/mol. The van der Waals surface area contributed by atoms with E-state index in [4.69, 9.17) is 0 Å². The van der Waals surface area contributed by atoms with Crippen molar-refractivity contribution < 1.29 is 13.6 Å². The Morgan fingerprint density at radius 3 is 2.57 bits per heavy atom. The predicted molar refractivity (Wildman–Crippen MR) is 82.4 cm³/mol. The molecule has 1 aromatic rings. The molecule has 1 aliphatic carbocycles. The Hall–Kier alpha value is -1.50. The third kappa shape index (κ3) is 3.71. The van der Waals surface area contributed by atoms with Gasteiger partial charge in [-0.25, -0.2) is 8.78 Å². The van der Waals surface area contributed by atoms with Crippen LogP contribution in [0.1, 0.15) is 36.0 Å². The van der Waals surface area contributed by atoms with Crippen LogP contribution in [0.2, 0.25) is 0 Å². The lowest BCUT2D eigenvalue weighted by molar-refractivity contribution is -0.117. The fourth-order valence-electron chi connectivity index (χ4n) is 3.67. The van der Waals surface area contributed by atoms with Crippen molar-refractivity contribution in [3.63, 3.8) is 0 Å². The van der Waals surface area contributed by atoms with Crippen molar-refractivity contribution in [1.29, 1.82) is 0 Å². The first-order chi connectivity index (χ1) is 10.8. The highest BCUT2D eigenvalue weighted by molar-refractivity contribution is 5.93. The maximum atomic E-state index is 12.9. The van der Waals surface area contributed by atoms with E-state index < -0.39 is 5.92 Å². The van der Waals surface area contributed by atoms with Crippen molar-refractivity contribution in [2.75, 3.05) is 26.7 Å². The predicted octanol–water partition coefficient (Wildman–Crippen LogP) is 2.00. The van der Waals surface area contributed by atoms with Crippen molar-refractivity contribution in [3.8, 4) is 0 Å². The summed E-state index contributed by atoms with van der Waals surface area (Å²) in [6.07, 6.45) is 5.17. The van der Waals surface area contributed by atoms with Crippen LogP contribution in [0.25, 0.3) is 0 Å². The largest absolute Gasteiger partial charge is 0.339 e. The summed E-state index contributed by atoms with van der Waals surface area (Å²) in [4.78, 5) is 16.5. The van der Waals surface area contributed by atoms with E-state index in [9.17, 15) is 13.6 Å². The Kier molecular flexibility index (Phi) is 4.40. The minimum absolute atomic E-state index is 0.00446. The van der Waals surface area contributed by atoms with Gasteiger partial charge in [0, 0.05) is 58.8 Å². The second-order valence-electron chi connectivity index (χ2n) is 6.98. The third-order valence-electron chi connectivity index (χ3n) is 5.07. The van der Waals surface area contributed by atoms with Crippen LogP contribution >= 0.6 is 0 Å². The molecule has 3 rings (SSSR count). The zero-order valence-electron chi connectivity index (χ0n) is 13.7. The summed E-state index contributed by atoms with van der Waals surface area (Å²) in [5.41, 5.74) is 0.606. The van der Waals surface area contributed by atoms with E-state index in [-0.39, 0.29) is 30.7 Å². The van der Waals surface area contributed by atoms with Crippen molar-refractivity contribution in [2.45, 2.75) is 37.6 Å². The van der Waals surface area contributed by atoms with Crippen LogP contribution in [0.3, 0.4) is 0 Å². The molecule has 2 heterocycles. The average Bonchev–Trinajstić information content (AvgIpc) is 2.91. The van der Waals surface area contributed by atoms with E-state index in [0.29, 0.717) is 5.56 Å². The first-order valence-electron chi connectivity index (χ1n) is 8.20. The number of aryl methyl sites for hydroxylation is 1. The second-order valence-corrected chi connectivity index (χ2v) is 6.98. The molecule has 5 nitrogen and oxygen atoms in total. The molecule has 128 valence electrons. The first-order valence-corrected chi connectivity index (χ1v) is 8.20. The molecular weight excluding hydrogens is 302 g/mol. The molecule has 1 aliphatic heterocycles. The van der Waals surface area contributed by atoms with Gasteiger partial charge in [-0.3, -0.25) is 9.48 Å². The molecule has 1 amide bonds. The van der Waals surface area contributed by atoms with Gasteiger partial charge in [0.05, 0.1) is 11.8 Å². The molecule has 23 heavy (non-hydrogen) atoms. The summed E-state index contributed by atoms with van der Waals surface area (Å²) in [7, 11) is 3.63. The number of amides is 1. The van der Waals surface area contributed by atoms with E-state index in [2.05, 4.69) is 10.00 Å². The maximum absolute atomic E-state index is 12.9. The Morgan fingerprint density at radius 1 is 1.39 bits per heavy atom. The van der Waals surface area contributed by atoms with Gasteiger partial charge in [0.15, 0.2) is 0 Å². The van der Waals surface area contributed by atoms with Gasteiger partial charge >= 0.3 is 0 Å². The molecule has 2 aliphatic rings. The van der Waals surface area contributed by atoms with Crippen molar-refractivity contribution >= 4 is 5.91 Å². The smallest absolute Gasteiger partial charge is 0.257 e. The summed E-state index contributed by atoms with van der Waals surface area (Å²) < 4.78 is 27.4. The topological polar surface area (TPSA) is 41.4 Å². The van der Waals surface area contributed by atoms with Gasteiger partial charge in [-0.15, -0.1) is 0 Å². The molecule has 0 spiro atoms. The van der Waals surface area contributed by atoms with Crippen LogP contribution in [0.4, 0.5) is 8.78 Å². The highest BCUT2D eigenvalue weighted by atomic mass is 19.3. The van der Waals surface area contributed by atoms with Crippen molar-refractivity contribution in [1.82, 2.24) is 19.6 Å². The second kappa shape index (κ2) is 6.19. The van der Waals surface area contributed by atoms with Gasteiger partial charge in [0.25, 0.3) is 5.91 Å². The number of carbonyl (C=O) groups is 1. The van der Waals surface area contributed by atoms with Crippen molar-refractivity contribution in [2.24, 2.45) is 13.0 Å². The number of hydrogen-bond donors (Lipinski definition) is 0. The first kappa shape index (κ1) is 16.4. The van der Waals surface area contributed by atoms with Crippen LogP contribution in [0, 0.1) is 5.92 Å². The number of alkyl halides is 2. The summed E-state index contributed by atoms with van der Waals surface area (Å²) >= 11 is 0. The highest BCUT2D eigenvalue weighted by Gasteiger charge is 2.45. The molecule has 0 N–H and O–H groups in total. The van der Waals surface area contributed by atoms with Crippen LogP contribution in [0.5, 0.6) is 0 Å². The van der Waals surface area contributed by atoms with Gasteiger partial charge in [-0.2, -0.15) is 5.10 Å². The zero-order valence-corrected chi connectivity index (χ0v) is 13.7. The quantitative estimate of drug-likeness (QED) is 0.850. The number of piperidine rings is 1. The fraction of sp³-hybridized carbons (Fsp3) is 0.750. The minimum atomic E-state index is -2.43. The Balaban J connectivity index is 1.46. The van der Waals surface area contributed by atoms with Gasteiger partial charge in [-0.1, -0.05) is 0 Å². The molecule has 0 bridgehead atoms. The number of aromatic nitrogens is 2. The number of carbonyl (C=O) groups excluding carboxylic acids is 1. The zero-order chi connectivity index (χ0) is 16.6. The number of hydrogen-bond acceptors (Lipinski definition) is 3. The molecule has 7 heteroatoms. The number of likely N-dealkylation sites (tertiary alicyclic amines) is 1. The van der Waals surface area contributed by atoms with E-state index in [1.807, 2.05) is 7.05 Å². The standard InChI is InChI=1S/C16H24F2N4O/c1-20-11-13(9-19-20)15(23)21(2)14-3-5-22(6-4-14)10-12-7-16(17,18)8-12/h9,11-12,14H,3-8,10H2,1-2H3. The van der Waals surface area contributed by atoms with Crippen LogP contribution < -0.4 is 0 Å². The number of nitrogens with zero attached hydrogens (tertiary/aromatic N) is 4. The van der Waals surface area contributed by atoms with Crippen LogP contribution in [-0.2, 0) is 7.05 Å². The molecule has 0 unspecified atom stereocenters. The van der Waals surface area contributed by atoms with Crippen LogP contribution in [-0.4, -0.2) is 64.1 Å².